The summed E-state index contributed by atoms with van der Waals surface area (Å²) in [5, 5.41) is 0. The Morgan fingerprint density at radius 3 is 1.05 bits per heavy atom. The van der Waals surface area contributed by atoms with Crippen LogP contribution in [0.2, 0.25) is 0 Å². The Bertz CT molecular complexity index is 501. The lowest BCUT2D eigenvalue weighted by molar-refractivity contribution is -0.155. The highest BCUT2D eigenvalue weighted by Crippen LogP contribution is 2.49. The Hall–Kier alpha value is -1.98. The second-order valence-electron chi connectivity index (χ2n) is 5.93. The van der Waals surface area contributed by atoms with Crippen LogP contribution in [-0.4, -0.2) is 23.9 Å². The molecule has 4 unspecified atom stereocenters. The zero-order valence-electron chi connectivity index (χ0n) is 10.6. The summed E-state index contributed by atoms with van der Waals surface area (Å²) in [6, 6.07) is 0. The van der Waals surface area contributed by atoms with Crippen molar-refractivity contribution in [3.63, 3.8) is 0 Å². The highest BCUT2D eigenvalue weighted by Gasteiger charge is 2.53. The number of esters is 4. The second-order valence-corrected chi connectivity index (χ2v) is 5.93. The van der Waals surface area contributed by atoms with Crippen LogP contribution in [0, 0.1) is 23.7 Å². The van der Waals surface area contributed by atoms with Crippen LogP contribution >= 0.6 is 0 Å². The summed E-state index contributed by atoms with van der Waals surface area (Å²) in [5.74, 6) is -3.48. The van der Waals surface area contributed by atoms with Crippen LogP contribution in [0.5, 0.6) is 0 Å². The Morgan fingerprint density at radius 2 is 0.800 bits per heavy atom. The van der Waals surface area contributed by atoms with Gasteiger partial charge in [-0.25, -0.2) is 0 Å². The van der Waals surface area contributed by atoms with E-state index in [1.807, 2.05) is 0 Å². The summed E-state index contributed by atoms with van der Waals surface area (Å²) >= 11 is 0. The van der Waals surface area contributed by atoms with Crippen molar-refractivity contribution in [1.82, 2.24) is 0 Å². The fourth-order valence-electron chi connectivity index (χ4n) is 3.87. The Morgan fingerprint density at radius 1 is 0.550 bits per heavy atom. The molecule has 2 aliphatic heterocycles. The van der Waals surface area contributed by atoms with Gasteiger partial charge in [0.15, 0.2) is 0 Å². The maximum absolute atomic E-state index is 11.6. The summed E-state index contributed by atoms with van der Waals surface area (Å²) in [6.07, 6.45) is 1.87. The van der Waals surface area contributed by atoms with Gasteiger partial charge in [0.25, 0.3) is 0 Å². The lowest BCUT2D eigenvalue weighted by Gasteiger charge is -2.32. The van der Waals surface area contributed by atoms with Gasteiger partial charge < -0.3 is 9.47 Å². The van der Waals surface area contributed by atoms with Crippen molar-refractivity contribution in [3.8, 4) is 0 Å². The van der Waals surface area contributed by atoms with Crippen molar-refractivity contribution in [3.05, 3.63) is 11.1 Å². The summed E-state index contributed by atoms with van der Waals surface area (Å²) < 4.78 is 9.37. The van der Waals surface area contributed by atoms with Crippen LogP contribution in [0.4, 0.5) is 0 Å². The predicted octanol–water partition coefficient (Wildman–Crippen LogP) is 0.502. The van der Waals surface area contributed by atoms with E-state index < -0.39 is 47.5 Å². The molecule has 0 amide bonds. The molecule has 2 heterocycles. The Labute approximate surface area is 114 Å². The molecule has 0 bridgehead atoms. The smallest absolute Gasteiger partial charge is 0.317 e. The first-order chi connectivity index (χ1) is 9.54. The topological polar surface area (TPSA) is 86.7 Å². The van der Waals surface area contributed by atoms with E-state index in [2.05, 4.69) is 9.47 Å². The van der Waals surface area contributed by atoms with Crippen molar-refractivity contribution < 1.29 is 28.7 Å². The first kappa shape index (κ1) is 11.8. The van der Waals surface area contributed by atoms with Crippen LogP contribution in [0.3, 0.4) is 0 Å². The first-order valence-corrected chi connectivity index (χ1v) is 6.75. The van der Waals surface area contributed by atoms with Crippen molar-refractivity contribution >= 4 is 23.9 Å². The van der Waals surface area contributed by atoms with Gasteiger partial charge in [-0.3, -0.25) is 19.2 Å². The summed E-state index contributed by atoms with van der Waals surface area (Å²) in [5.41, 5.74) is 2.07. The van der Waals surface area contributed by atoms with E-state index in [1.165, 1.54) is 0 Å². The largest absolute Gasteiger partial charge is 0.393 e. The first-order valence-electron chi connectivity index (χ1n) is 6.75. The lowest BCUT2D eigenvalue weighted by Crippen LogP contribution is -2.31. The van der Waals surface area contributed by atoms with Gasteiger partial charge >= 0.3 is 23.9 Å². The average molecular weight is 276 g/mol. The van der Waals surface area contributed by atoms with Crippen LogP contribution in [0.1, 0.15) is 25.7 Å². The van der Waals surface area contributed by atoms with Gasteiger partial charge in [-0.15, -0.1) is 0 Å². The molecule has 2 aliphatic carbocycles. The molecule has 0 aromatic carbocycles. The molecule has 104 valence electrons. The molecule has 0 aromatic rings. The molecule has 0 N–H and O–H groups in total. The van der Waals surface area contributed by atoms with Crippen molar-refractivity contribution in [1.29, 1.82) is 0 Å². The monoisotopic (exact) mass is 276 g/mol. The number of carbonyl (C=O) groups excluding carboxylic acids is 4. The molecule has 0 spiro atoms. The van der Waals surface area contributed by atoms with E-state index in [1.54, 1.807) is 0 Å². The highest BCUT2D eigenvalue weighted by molar-refractivity contribution is 5.98. The molecule has 2 saturated heterocycles. The molecular weight excluding hydrogens is 264 g/mol. The molecule has 2 fully saturated rings. The third kappa shape index (κ3) is 1.44. The average Bonchev–Trinajstić information content (AvgIpc) is 2.84. The lowest BCUT2D eigenvalue weighted by atomic mass is 9.67. The third-order valence-electron chi connectivity index (χ3n) is 4.95. The van der Waals surface area contributed by atoms with Gasteiger partial charge in [0, 0.05) is 0 Å². The van der Waals surface area contributed by atoms with Crippen molar-refractivity contribution in [2.75, 3.05) is 0 Å². The fraction of sp³-hybridized carbons (Fsp3) is 0.571. The molecule has 20 heavy (non-hydrogen) atoms. The minimum Gasteiger partial charge on any atom is -0.393 e. The van der Waals surface area contributed by atoms with Gasteiger partial charge in [-0.2, -0.15) is 0 Å². The van der Waals surface area contributed by atoms with Crippen molar-refractivity contribution in [2.45, 2.75) is 25.7 Å². The van der Waals surface area contributed by atoms with Crippen LogP contribution in [0.25, 0.3) is 0 Å². The molecule has 4 aliphatic rings. The second kappa shape index (κ2) is 3.77. The van der Waals surface area contributed by atoms with Gasteiger partial charge in [-0.05, 0) is 25.7 Å². The number of carbonyl (C=O) groups is 4. The quantitative estimate of drug-likeness (QED) is 0.364. The standard InChI is InChI=1S/C14H12O6/c15-11-7-1-5-2-9-10(14(18)20-13(9)17)4-6(5)3-8(7)12(16)19-11/h7-10H,1-4H2. The highest BCUT2D eigenvalue weighted by atomic mass is 16.6. The normalized spacial score (nSPS) is 39.2. The fourth-order valence-corrected chi connectivity index (χ4v) is 3.87. The van der Waals surface area contributed by atoms with Crippen LogP contribution < -0.4 is 0 Å². The molecule has 6 nitrogen and oxygen atoms in total. The minimum absolute atomic E-state index is 0.411. The Balaban J connectivity index is 1.66. The zero-order valence-corrected chi connectivity index (χ0v) is 10.6. The molecule has 0 aromatic heterocycles. The van der Waals surface area contributed by atoms with E-state index in [0.29, 0.717) is 25.7 Å². The number of hydrogen-bond acceptors (Lipinski definition) is 6. The van der Waals surface area contributed by atoms with E-state index in [-0.39, 0.29) is 0 Å². The van der Waals surface area contributed by atoms with Crippen molar-refractivity contribution in [2.24, 2.45) is 23.7 Å². The third-order valence-corrected chi connectivity index (χ3v) is 4.95. The molecule has 6 heteroatoms. The minimum atomic E-state index is -0.459. The van der Waals surface area contributed by atoms with Crippen LogP contribution in [-0.2, 0) is 28.7 Å². The number of cyclic esters (lactones) is 4. The molecule has 4 atom stereocenters. The van der Waals surface area contributed by atoms with Gasteiger partial charge in [0.05, 0.1) is 23.7 Å². The summed E-state index contributed by atoms with van der Waals surface area (Å²) in [6.45, 7) is 0. The number of hydrogen-bond donors (Lipinski definition) is 0. The molecular formula is C14H12O6. The van der Waals surface area contributed by atoms with E-state index in [9.17, 15) is 19.2 Å². The summed E-state index contributed by atoms with van der Waals surface area (Å²) in [7, 11) is 0. The number of fused-ring (bicyclic) bond motifs is 2. The van der Waals surface area contributed by atoms with Gasteiger partial charge in [0.2, 0.25) is 0 Å². The van der Waals surface area contributed by atoms with E-state index in [4.69, 9.17) is 0 Å². The van der Waals surface area contributed by atoms with E-state index in [0.717, 1.165) is 11.1 Å². The number of allylic oxidation sites excluding steroid dienone is 2. The maximum Gasteiger partial charge on any atom is 0.317 e. The predicted molar refractivity (Wildman–Crippen MR) is 61.7 cm³/mol. The summed E-state index contributed by atoms with van der Waals surface area (Å²) in [4.78, 5) is 46.5. The van der Waals surface area contributed by atoms with Gasteiger partial charge in [-0.1, -0.05) is 11.1 Å². The van der Waals surface area contributed by atoms with E-state index >= 15 is 0 Å². The molecule has 0 radical (unpaired) electrons. The van der Waals surface area contributed by atoms with Gasteiger partial charge in [0.1, 0.15) is 0 Å². The zero-order chi connectivity index (χ0) is 14.0. The Kier molecular flexibility index (Phi) is 2.23. The van der Waals surface area contributed by atoms with Crippen LogP contribution in [0.15, 0.2) is 11.1 Å². The maximum atomic E-state index is 11.6. The molecule has 0 saturated carbocycles. The number of rotatable bonds is 0. The number of ether oxygens (including phenoxy) is 2. The molecule has 4 rings (SSSR count). The SMILES string of the molecule is O=C1OC(=O)C2CC3=C(CC12)CC1C(=O)OC(=O)C1C3.